The lowest BCUT2D eigenvalue weighted by atomic mass is 10.3. The summed E-state index contributed by atoms with van der Waals surface area (Å²) >= 11 is 0. The number of benzene rings is 2. The lowest BCUT2D eigenvalue weighted by molar-refractivity contribution is 0.123. The van der Waals surface area contributed by atoms with Gasteiger partial charge in [0.05, 0.1) is 22.1 Å². The number of imidazole rings is 2. The monoisotopic (exact) mass is 278 g/mol. The Balaban J connectivity index is 1.83. The van der Waals surface area contributed by atoms with Crippen molar-refractivity contribution in [1.29, 1.82) is 0 Å². The third kappa shape index (κ3) is 1.98. The number of nitrogens with one attached hydrogen (secondary N) is 2. The number of fused-ring (bicyclic) bond motifs is 2. The highest BCUT2D eigenvalue weighted by molar-refractivity contribution is 5.76. The van der Waals surface area contributed by atoms with Gasteiger partial charge in [-0.25, -0.2) is 9.97 Å². The minimum atomic E-state index is -0.343. The van der Waals surface area contributed by atoms with E-state index in [1.54, 1.807) is 7.11 Å². The molecule has 0 radical (unpaired) electrons. The van der Waals surface area contributed by atoms with E-state index in [1.807, 2.05) is 48.5 Å². The fourth-order valence-corrected chi connectivity index (χ4v) is 2.55. The number of aromatic nitrogens is 4. The van der Waals surface area contributed by atoms with Crippen LogP contribution in [0, 0.1) is 0 Å². The third-order valence-corrected chi connectivity index (χ3v) is 3.55. The average molecular weight is 278 g/mol. The summed E-state index contributed by atoms with van der Waals surface area (Å²) in [5.41, 5.74) is 3.83. The molecule has 0 atom stereocenters. The molecule has 5 nitrogen and oxygen atoms in total. The quantitative estimate of drug-likeness (QED) is 0.605. The second kappa shape index (κ2) is 4.71. The van der Waals surface area contributed by atoms with Crippen LogP contribution in [0.3, 0.4) is 0 Å². The van der Waals surface area contributed by atoms with Gasteiger partial charge in [-0.3, -0.25) is 0 Å². The highest BCUT2D eigenvalue weighted by atomic mass is 16.5. The van der Waals surface area contributed by atoms with Gasteiger partial charge in [-0.2, -0.15) is 0 Å². The summed E-state index contributed by atoms with van der Waals surface area (Å²) < 4.78 is 5.59. The molecule has 4 rings (SSSR count). The van der Waals surface area contributed by atoms with Crippen molar-refractivity contribution in [2.45, 2.75) is 6.10 Å². The first-order chi connectivity index (χ1) is 10.3. The van der Waals surface area contributed by atoms with Crippen LogP contribution in [0.5, 0.6) is 0 Å². The van der Waals surface area contributed by atoms with Crippen molar-refractivity contribution in [3.05, 3.63) is 60.2 Å². The van der Waals surface area contributed by atoms with Gasteiger partial charge in [0.25, 0.3) is 0 Å². The number of para-hydroxylation sites is 4. The molecular formula is C16H14N4O. The van der Waals surface area contributed by atoms with Crippen molar-refractivity contribution >= 4 is 22.1 Å². The van der Waals surface area contributed by atoms with Crippen LogP contribution in [0.1, 0.15) is 17.8 Å². The van der Waals surface area contributed by atoms with Gasteiger partial charge in [0.2, 0.25) is 0 Å². The molecule has 0 bridgehead atoms. The highest BCUT2D eigenvalue weighted by Gasteiger charge is 2.21. The summed E-state index contributed by atoms with van der Waals surface area (Å²) in [6.45, 7) is 0. The number of nitrogens with zero attached hydrogens (tertiary/aromatic N) is 2. The summed E-state index contributed by atoms with van der Waals surface area (Å²) in [4.78, 5) is 15.8. The fraction of sp³-hybridized carbons (Fsp3) is 0.125. The Hall–Kier alpha value is -2.66. The molecule has 0 unspecified atom stereocenters. The summed E-state index contributed by atoms with van der Waals surface area (Å²) in [6, 6.07) is 15.8. The van der Waals surface area contributed by atoms with Crippen LogP contribution >= 0.6 is 0 Å². The standard InChI is InChI=1S/C16H14N4O/c1-21-14(15-17-10-6-2-3-7-11(10)18-15)16-19-12-8-4-5-9-13(12)20-16/h2-9,14H,1H3,(H,17,18)(H,19,20). The molecule has 2 aromatic carbocycles. The molecule has 4 aromatic rings. The molecule has 0 aliphatic rings. The van der Waals surface area contributed by atoms with E-state index >= 15 is 0 Å². The van der Waals surface area contributed by atoms with Crippen LogP contribution in [-0.4, -0.2) is 27.0 Å². The third-order valence-electron chi connectivity index (χ3n) is 3.55. The molecule has 0 fully saturated rings. The molecule has 0 spiro atoms. The maximum atomic E-state index is 5.59. The van der Waals surface area contributed by atoms with E-state index in [4.69, 9.17) is 4.74 Å². The lowest BCUT2D eigenvalue weighted by Crippen LogP contribution is -2.07. The topological polar surface area (TPSA) is 66.6 Å². The molecule has 0 aliphatic carbocycles. The van der Waals surface area contributed by atoms with Crippen LogP contribution < -0.4 is 0 Å². The molecule has 5 heteroatoms. The Morgan fingerprint density at radius 2 is 1.29 bits per heavy atom. The van der Waals surface area contributed by atoms with Gasteiger partial charge < -0.3 is 14.7 Å². The first-order valence-electron chi connectivity index (χ1n) is 6.77. The normalized spacial score (nSPS) is 11.7. The van der Waals surface area contributed by atoms with E-state index in [0.29, 0.717) is 0 Å². The Kier molecular flexibility index (Phi) is 2.72. The number of H-pyrrole nitrogens is 2. The molecule has 0 saturated carbocycles. The average Bonchev–Trinajstić information content (AvgIpc) is 3.11. The predicted octanol–water partition coefficient (Wildman–Crippen LogP) is 3.18. The van der Waals surface area contributed by atoms with Crippen molar-refractivity contribution in [1.82, 2.24) is 19.9 Å². The molecule has 104 valence electrons. The summed E-state index contributed by atoms with van der Waals surface area (Å²) in [5, 5.41) is 0. The van der Waals surface area contributed by atoms with E-state index in [0.717, 1.165) is 33.7 Å². The van der Waals surface area contributed by atoms with Crippen molar-refractivity contribution in [3.63, 3.8) is 0 Å². The molecule has 2 heterocycles. The van der Waals surface area contributed by atoms with Gasteiger partial charge >= 0.3 is 0 Å². The van der Waals surface area contributed by atoms with Gasteiger partial charge in [-0.15, -0.1) is 0 Å². The maximum Gasteiger partial charge on any atom is 0.172 e. The summed E-state index contributed by atoms with van der Waals surface area (Å²) in [5.74, 6) is 1.50. The number of hydrogen-bond donors (Lipinski definition) is 2. The van der Waals surface area contributed by atoms with E-state index < -0.39 is 0 Å². The zero-order chi connectivity index (χ0) is 14.2. The Morgan fingerprint density at radius 3 is 1.71 bits per heavy atom. The largest absolute Gasteiger partial charge is 0.365 e. The van der Waals surface area contributed by atoms with Crippen molar-refractivity contribution in [2.24, 2.45) is 0 Å². The van der Waals surface area contributed by atoms with Gasteiger partial charge in [0, 0.05) is 7.11 Å². The minimum Gasteiger partial charge on any atom is -0.365 e. The summed E-state index contributed by atoms with van der Waals surface area (Å²) in [7, 11) is 1.66. The van der Waals surface area contributed by atoms with Gasteiger partial charge in [-0.05, 0) is 24.3 Å². The zero-order valence-corrected chi connectivity index (χ0v) is 11.5. The van der Waals surface area contributed by atoms with Crippen LogP contribution in [0.2, 0.25) is 0 Å². The van der Waals surface area contributed by atoms with Crippen molar-refractivity contribution in [2.75, 3.05) is 7.11 Å². The SMILES string of the molecule is COC(c1nc2ccccc2[nH]1)c1nc2ccccc2[nH]1. The molecule has 0 aliphatic heterocycles. The number of ether oxygens (including phenoxy) is 1. The van der Waals surface area contributed by atoms with Crippen molar-refractivity contribution in [3.8, 4) is 0 Å². The van der Waals surface area contributed by atoms with E-state index in [9.17, 15) is 0 Å². The van der Waals surface area contributed by atoms with Gasteiger partial charge in [-0.1, -0.05) is 24.3 Å². The Labute approximate surface area is 121 Å². The van der Waals surface area contributed by atoms with Gasteiger partial charge in [0.1, 0.15) is 11.6 Å². The van der Waals surface area contributed by atoms with E-state index in [1.165, 1.54) is 0 Å². The summed E-state index contributed by atoms with van der Waals surface area (Å²) in [6.07, 6.45) is -0.343. The van der Waals surface area contributed by atoms with Gasteiger partial charge in [0.15, 0.2) is 6.10 Å². The molecule has 21 heavy (non-hydrogen) atoms. The zero-order valence-electron chi connectivity index (χ0n) is 11.5. The molecule has 0 amide bonds. The Bertz CT molecular complexity index is 769. The number of aromatic amines is 2. The molecule has 2 aromatic heterocycles. The van der Waals surface area contributed by atoms with E-state index in [2.05, 4.69) is 19.9 Å². The fourth-order valence-electron chi connectivity index (χ4n) is 2.55. The molecular weight excluding hydrogens is 264 g/mol. The molecule has 2 N–H and O–H groups in total. The van der Waals surface area contributed by atoms with Crippen LogP contribution in [-0.2, 0) is 4.74 Å². The predicted molar refractivity (Wildman–Crippen MR) is 81.0 cm³/mol. The molecule has 0 saturated heterocycles. The van der Waals surface area contributed by atoms with Crippen molar-refractivity contribution < 1.29 is 4.74 Å². The van der Waals surface area contributed by atoms with Crippen LogP contribution in [0.4, 0.5) is 0 Å². The maximum absolute atomic E-state index is 5.59. The van der Waals surface area contributed by atoms with Crippen LogP contribution in [0.15, 0.2) is 48.5 Å². The number of rotatable bonds is 3. The van der Waals surface area contributed by atoms with Crippen LogP contribution in [0.25, 0.3) is 22.1 Å². The lowest BCUT2D eigenvalue weighted by Gasteiger charge is -2.09. The first-order valence-corrected chi connectivity index (χ1v) is 6.77. The minimum absolute atomic E-state index is 0.343. The number of methoxy groups -OCH3 is 1. The second-order valence-corrected chi connectivity index (χ2v) is 4.89. The highest BCUT2D eigenvalue weighted by Crippen LogP contribution is 2.25. The van der Waals surface area contributed by atoms with E-state index in [-0.39, 0.29) is 6.10 Å². The second-order valence-electron chi connectivity index (χ2n) is 4.89. The Morgan fingerprint density at radius 1 is 0.810 bits per heavy atom. The first kappa shape index (κ1) is 12.1. The number of hydrogen-bond acceptors (Lipinski definition) is 3. The smallest absolute Gasteiger partial charge is 0.172 e.